The number of hydrogen-bond acceptors (Lipinski definition) is 3. The predicted molar refractivity (Wildman–Crippen MR) is 57.6 cm³/mol. The molecule has 0 aromatic carbocycles. The molecule has 1 rings (SSSR count). The molecule has 1 saturated carbocycles. The average Bonchev–Trinajstić information content (AvgIpc) is 2.47. The topological polar surface area (TPSA) is 49.8 Å². The molecule has 0 aromatic heterocycles. The molecule has 1 aliphatic carbocycles. The van der Waals surface area contributed by atoms with Crippen LogP contribution in [0.15, 0.2) is 0 Å². The predicted octanol–water partition coefficient (Wildman–Crippen LogP) is 1.77. The fourth-order valence-corrected chi connectivity index (χ4v) is 1.77. The minimum absolute atomic E-state index is 0.120. The Kier molecular flexibility index (Phi) is 3.60. The average molecular weight is 215 g/mol. The molecule has 0 heterocycles. The van der Waals surface area contributed by atoms with Crippen LogP contribution in [-0.2, 0) is 4.74 Å². The Bertz CT molecular complexity index is 234. The summed E-state index contributed by atoms with van der Waals surface area (Å²) in [5.74, 6) is 0. The van der Waals surface area contributed by atoms with Crippen molar-refractivity contribution in [2.24, 2.45) is 0 Å². The highest BCUT2D eigenvalue weighted by Crippen LogP contribution is 2.24. The quantitative estimate of drug-likeness (QED) is 0.725. The lowest BCUT2D eigenvalue weighted by atomic mass is 10.2. The Labute approximate surface area is 91.2 Å². The molecule has 0 bridgehead atoms. The normalized spacial score (nSPS) is 26.5. The fourth-order valence-electron chi connectivity index (χ4n) is 1.77. The highest BCUT2D eigenvalue weighted by Gasteiger charge is 2.30. The van der Waals surface area contributed by atoms with Crippen LogP contribution in [0.2, 0.25) is 0 Å². The monoisotopic (exact) mass is 215 g/mol. The van der Waals surface area contributed by atoms with Gasteiger partial charge in [0, 0.05) is 13.1 Å². The number of nitrogens with zero attached hydrogens (tertiary/aromatic N) is 1. The van der Waals surface area contributed by atoms with Crippen molar-refractivity contribution < 1.29 is 14.6 Å². The Morgan fingerprint density at radius 1 is 1.40 bits per heavy atom. The molecule has 88 valence electrons. The van der Waals surface area contributed by atoms with Crippen LogP contribution in [0.25, 0.3) is 0 Å². The standard InChI is InChI=1S/C11H21NO3/c1-11(2,3)15-10(14)12(4)8-5-6-9(13)7-8/h8-9,13H,5-7H2,1-4H3/t8-,9-/m1/s1. The molecule has 1 N–H and O–H groups in total. The third-order valence-electron chi connectivity index (χ3n) is 2.61. The van der Waals surface area contributed by atoms with Crippen LogP contribution in [-0.4, -0.2) is 40.9 Å². The second-order valence-electron chi connectivity index (χ2n) is 5.21. The molecule has 0 aliphatic heterocycles. The first-order valence-electron chi connectivity index (χ1n) is 5.43. The van der Waals surface area contributed by atoms with Crippen LogP contribution in [0.3, 0.4) is 0 Å². The van der Waals surface area contributed by atoms with Gasteiger partial charge in [0.05, 0.1) is 6.10 Å². The van der Waals surface area contributed by atoms with Gasteiger partial charge < -0.3 is 14.7 Å². The van der Waals surface area contributed by atoms with E-state index in [0.29, 0.717) is 6.42 Å². The van der Waals surface area contributed by atoms with Crippen molar-refractivity contribution in [2.75, 3.05) is 7.05 Å². The number of aliphatic hydroxyl groups is 1. The molecule has 0 unspecified atom stereocenters. The van der Waals surface area contributed by atoms with E-state index in [2.05, 4.69) is 0 Å². The first kappa shape index (κ1) is 12.3. The van der Waals surface area contributed by atoms with E-state index >= 15 is 0 Å². The number of amides is 1. The second kappa shape index (κ2) is 4.39. The van der Waals surface area contributed by atoms with Gasteiger partial charge in [-0.25, -0.2) is 4.79 Å². The van der Waals surface area contributed by atoms with Gasteiger partial charge in [0.15, 0.2) is 0 Å². The zero-order chi connectivity index (χ0) is 11.6. The van der Waals surface area contributed by atoms with E-state index in [4.69, 9.17) is 4.74 Å². The molecule has 0 aromatic rings. The van der Waals surface area contributed by atoms with Gasteiger partial charge in [0.1, 0.15) is 5.60 Å². The maximum Gasteiger partial charge on any atom is 0.410 e. The summed E-state index contributed by atoms with van der Waals surface area (Å²) in [6, 6.07) is 0.120. The molecule has 4 nitrogen and oxygen atoms in total. The minimum atomic E-state index is -0.456. The Morgan fingerprint density at radius 3 is 2.40 bits per heavy atom. The van der Waals surface area contributed by atoms with Crippen molar-refractivity contribution >= 4 is 6.09 Å². The number of aliphatic hydroxyl groups excluding tert-OH is 1. The van der Waals surface area contributed by atoms with Crippen molar-refractivity contribution in [1.29, 1.82) is 0 Å². The van der Waals surface area contributed by atoms with Gasteiger partial charge in [-0.05, 0) is 40.0 Å². The van der Waals surface area contributed by atoms with E-state index in [1.54, 1.807) is 11.9 Å². The van der Waals surface area contributed by atoms with Crippen molar-refractivity contribution in [2.45, 2.75) is 57.8 Å². The summed E-state index contributed by atoms with van der Waals surface area (Å²) in [6.07, 6.45) is 1.73. The van der Waals surface area contributed by atoms with E-state index in [1.807, 2.05) is 20.8 Å². The van der Waals surface area contributed by atoms with Crippen molar-refractivity contribution in [3.8, 4) is 0 Å². The maximum atomic E-state index is 11.7. The molecule has 0 saturated heterocycles. The van der Waals surface area contributed by atoms with Gasteiger partial charge in [0.25, 0.3) is 0 Å². The number of hydrogen-bond donors (Lipinski definition) is 1. The lowest BCUT2D eigenvalue weighted by Gasteiger charge is -2.28. The van der Waals surface area contributed by atoms with E-state index in [-0.39, 0.29) is 18.2 Å². The highest BCUT2D eigenvalue weighted by molar-refractivity contribution is 5.68. The van der Waals surface area contributed by atoms with E-state index < -0.39 is 5.60 Å². The van der Waals surface area contributed by atoms with Gasteiger partial charge in [-0.3, -0.25) is 0 Å². The molecular formula is C11H21NO3. The summed E-state index contributed by atoms with van der Waals surface area (Å²) in [4.78, 5) is 13.3. The molecule has 15 heavy (non-hydrogen) atoms. The molecule has 1 amide bonds. The SMILES string of the molecule is CN(C(=O)OC(C)(C)C)[C@@H]1CC[C@@H](O)C1. The van der Waals surface area contributed by atoms with Crippen LogP contribution in [0.4, 0.5) is 4.79 Å². The van der Waals surface area contributed by atoms with Gasteiger partial charge in [-0.1, -0.05) is 0 Å². The first-order chi connectivity index (χ1) is 6.79. The smallest absolute Gasteiger partial charge is 0.410 e. The van der Waals surface area contributed by atoms with Crippen LogP contribution in [0.1, 0.15) is 40.0 Å². The summed E-state index contributed by atoms with van der Waals surface area (Å²) in [5, 5.41) is 9.38. The lowest BCUT2D eigenvalue weighted by molar-refractivity contribution is 0.0217. The Balaban J connectivity index is 2.46. The molecular weight excluding hydrogens is 194 g/mol. The largest absolute Gasteiger partial charge is 0.444 e. The van der Waals surface area contributed by atoms with E-state index in [1.165, 1.54) is 0 Å². The highest BCUT2D eigenvalue weighted by atomic mass is 16.6. The molecule has 1 aliphatic rings. The van der Waals surface area contributed by atoms with Crippen molar-refractivity contribution in [3.05, 3.63) is 0 Å². The maximum absolute atomic E-state index is 11.7. The van der Waals surface area contributed by atoms with E-state index in [0.717, 1.165) is 12.8 Å². The van der Waals surface area contributed by atoms with Gasteiger partial charge in [0.2, 0.25) is 0 Å². The zero-order valence-corrected chi connectivity index (χ0v) is 9.99. The number of rotatable bonds is 1. The molecule has 2 atom stereocenters. The van der Waals surface area contributed by atoms with Crippen LogP contribution in [0, 0.1) is 0 Å². The van der Waals surface area contributed by atoms with Crippen molar-refractivity contribution in [1.82, 2.24) is 4.90 Å². The number of carbonyl (C=O) groups is 1. The summed E-state index contributed by atoms with van der Waals surface area (Å²) in [5.41, 5.74) is -0.456. The van der Waals surface area contributed by atoms with Crippen LogP contribution < -0.4 is 0 Å². The summed E-state index contributed by atoms with van der Waals surface area (Å²) >= 11 is 0. The summed E-state index contributed by atoms with van der Waals surface area (Å²) < 4.78 is 5.25. The number of carbonyl (C=O) groups excluding carboxylic acids is 1. The van der Waals surface area contributed by atoms with Crippen molar-refractivity contribution in [3.63, 3.8) is 0 Å². The summed E-state index contributed by atoms with van der Waals surface area (Å²) in [7, 11) is 1.73. The number of ether oxygens (including phenoxy) is 1. The Hall–Kier alpha value is -0.770. The summed E-state index contributed by atoms with van der Waals surface area (Å²) in [6.45, 7) is 5.55. The lowest BCUT2D eigenvalue weighted by Crippen LogP contribution is -2.39. The molecule has 1 fully saturated rings. The Morgan fingerprint density at radius 2 is 2.00 bits per heavy atom. The zero-order valence-electron chi connectivity index (χ0n) is 9.99. The fraction of sp³-hybridized carbons (Fsp3) is 0.909. The van der Waals surface area contributed by atoms with Crippen LogP contribution >= 0.6 is 0 Å². The second-order valence-corrected chi connectivity index (χ2v) is 5.21. The van der Waals surface area contributed by atoms with Gasteiger partial charge >= 0.3 is 6.09 Å². The molecule has 0 spiro atoms. The molecule has 0 radical (unpaired) electrons. The third-order valence-corrected chi connectivity index (χ3v) is 2.61. The van der Waals surface area contributed by atoms with Gasteiger partial charge in [-0.2, -0.15) is 0 Å². The third kappa shape index (κ3) is 3.70. The van der Waals surface area contributed by atoms with Gasteiger partial charge in [-0.15, -0.1) is 0 Å². The minimum Gasteiger partial charge on any atom is -0.444 e. The first-order valence-corrected chi connectivity index (χ1v) is 5.43. The van der Waals surface area contributed by atoms with Crippen LogP contribution in [0.5, 0.6) is 0 Å². The molecule has 4 heteroatoms. The van der Waals surface area contributed by atoms with E-state index in [9.17, 15) is 9.90 Å².